The quantitative estimate of drug-likeness (QED) is 0.609. The van der Waals surface area contributed by atoms with Crippen LogP contribution in [0.25, 0.3) is 0 Å². The molecule has 0 aromatic carbocycles. The number of hydrogen-bond acceptors (Lipinski definition) is 4. The van der Waals surface area contributed by atoms with Gasteiger partial charge in [-0.15, -0.1) is 0 Å². The van der Waals surface area contributed by atoms with Crippen LogP contribution in [0.1, 0.15) is 26.5 Å². The number of nitrogens with one attached hydrogen (secondary N) is 1. The molecule has 0 fully saturated rings. The average molecular weight is 223 g/mol. The van der Waals surface area contributed by atoms with Crippen LogP contribution in [-0.2, 0) is 4.79 Å². The van der Waals surface area contributed by atoms with Crippen LogP contribution in [0.2, 0.25) is 0 Å². The number of carbonyl (C=O) groups excluding carboxylic acids is 1. The minimum atomic E-state index is -0.202. The molecule has 1 aromatic rings. The van der Waals surface area contributed by atoms with Crippen molar-refractivity contribution < 1.29 is 9.21 Å². The highest BCUT2D eigenvalue weighted by Gasteiger charge is 2.05. The van der Waals surface area contributed by atoms with Gasteiger partial charge in [0.15, 0.2) is 5.88 Å². The van der Waals surface area contributed by atoms with Crippen LogP contribution in [0.15, 0.2) is 21.7 Å². The number of anilines is 1. The van der Waals surface area contributed by atoms with E-state index in [1.54, 1.807) is 0 Å². The van der Waals surface area contributed by atoms with Gasteiger partial charge in [0, 0.05) is 26.1 Å². The smallest absolute Gasteiger partial charge is 0.236 e. The second-order valence-corrected chi connectivity index (χ2v) is 3.27. The van der Waals surface area contributed by atoms with Crippen molar-refractivity contribution in [3.63, 3.8) is 0 Å². The largest absolute Gasteiger partial charge is 0.440 e. The van der Waals surface area contributed by atoms with E-state index in [1.165, 1.54) is 13.1 Å². The minimum absolute atomic E-state index is 0.202. The summed E-state index contributed by atoms with van der Waals surface area (Å²) in [7, 11) is 0. The highest BCUT2D eigenvalue weighted by Crippen LogP contribution is 2.16. The lowest BCUT2D eigenvalue weighted by Gasteiger charge is -2.16. The van der Waals surface area contributed by atoms with Crippen molar-refractivity contribution in [1.82, 2.24) is 5.43 Å². The number of hydrogen-bond donors (Lipinski definition) is 1. The molecule has 5 nitrogen and oxygen atoms in total. The molecule has 5 heteroatoms. The van der Waals surface area contributed by atoms with Crippen LogP contribution in [0, 0.1) is 0 Å². The first-order valence-electron chi connectivity index (χ1n) is 5.31. The van der Waals surface area contributed by atoms with Crippen molar-refractivity contribution >= 4 is 18.0 Å². The fraction of sp³-hybridized carbons (Fsp3) is 0.455. The molecule has 0 aliphatic rings. The molecule has 0 atom stereocenters. The van der Waals surface area contributed by atoms with Crippen molar-refractivity contribution in [2.45, 2.75) is 20.8 Å². The molecular formula is C11H17N3O2. The Bertz CT molecular complexity index is 367. The zero-order chi connectivity index (χ0) is 12.0. The Kier molecular flexibility index (Phi) is 4.57. The highest BCUT2D eigenvalue weighted by molar-refractivity contribution is 5.79. The first kappa shape index (κ1) is 12.3. The Labute approximate surface area is 95.1 Å². The van der Waals surface area contributed by atoms with Gasteiger partial charge in [-0.25, -0.2) is 5.43 Å². The molecule has 0 bridgehead atoms. The van der Waals surface area contributed by atoms with Gasteiger partial charge in [-0.05, 0) is 19.9 Å². The van der Waals surface area contributed by atoms with Crippen molar-refractivity contribution in [2.24, 2.45) is 5.10 Å². The van der Waals surface area contributed by atoms with Crippen molar-refractivity contribution in [3.8, 4) is 0 Å². The number of hydrazone groups is 1. The second kappa shape index (κ2) is 5.95. The Balaban J connectivity index is 2.64. The number of furan rings is 1. The van der Waals surface area contributed by atoms with E-state index in [0.717, 1.165) is 19.0 Å². The summed E-state index contributed by atoms with van der Waals surface area (Å²) in [4.78, 5) is 12.7. The lowest BCUT2D eigenvalue weighted by molar-refractivity contribution is -0.118. The van der Waals surface area contributed by atoms with Crippen LogP contribution < -0.4 is 10.3 Å². The van der Waals surface area contributed by atoms with Gasteiger partial charge >= 0.3 is 0 Å². The normalized spacial score (nSPS) is 10.7. The molecule has 16 heavy (non-hydrogen) atoms. The van der Waals surface area contributed by atoms with Gasteiger partial charge < -0.3 is 9.32 Å². The first-order valence-corrected chi connectivity index (χ1v) is 5.31. The molecule has 0 unspecified atom stereocenters. The average Bonchev–Trinajstić information content (AvgIpc) is 2.68. The number of carbonyl (C=O) groups is 1. The number of nitrogens with zero attached hydrogens (tertiary/aromatic N) is 2. The van der Waals surface area contributed by atoms with Crippen LogP contribution in [-0.4, -0.2) is 25.2 Å². The molecule has 0 saturated heterocycles. The topological polar surface area (TPSA) is 57.8 Å². The third-order valence-corrected chi connectivity index (χ3v) is 2.10. The maximum atomic E-state index is 10.6. The lowest BCUT2D eigenvalue weighted by Crippen LogP contribution is -2.20. The molecule has 88 valence electrons. The standard InChI is InChI=1S/C11H17N3O2/c1-4-14(5-2)11-7-6-10(16-11)8-12-13-9(3)15/h6-8H,4-5H2,1-3H3,(H,13,15)/b12-8-. The summed E-state index contributed by atoms with van der Waals surface area (Å²) in [6.07, 6.45) is 1.48. The van der Waals surface area contributed by atoms with Crippen LogP contribution >= 0.6 is 0 Å². The van der Waals surface area contributed by atoms with Crippen LogP contribution in [0.5, 0.6) is 0 Å². The van der Waals surface area contributed by atoms with E-state index in [2.05, 4.69) is 29.3 Å². The summed E-state index contributed by atoms with van der Waals surface area (Å²) in [6.45, 7) is 7.33. The predicted molar refractivity (Wildman–Crippen MR) is 63.7 cm³/mol. The minimum Gasteiger partial charge on any atom is -0.440 e. The molecule has 0 aliphatic heterocycles. The van der Waals surface area contributed by atoms with E-state index in [0.29, 0.717) is 5.76 Å². The Hall–Kier alpha value is -1.78. The fourth-order valence-electron chi connectivity index (χ4n) is 1.30. The van der Waals surface area contributed by atoms with Crippen molar-refractivity contribution in [3.05, 3.63) is 17.9 Å². The summed E-state index contributed by atoms with van der Waals surface area (Å²) >= 11 is 0. The Morgan fingerprint density at radius 1 is 1.50 bits per heavy atom. The van der Waals surface area contributed by atoms with Gasteiger partial charge in [0.05, 0.1) is 6.21 Å². The fourth-order valence-corrected chi connectivity index (χ4v) is 1.30. The monoisotopic (exact) mass is 223 g/mol. The number of rotatable bonds is 5. The third-order valence-electron chi connectivity index (χ3n) is 2.10. The molecule has 1 N–H and O–H groups in total. The molecule has 1 aromatic heterocycles. The Morgan fingerprint density at radius 2 is 2.19 bits per heavy atom. The SMILES string of the molecule is CCN(CC)c1ccc(/C=N\NC(C)=O)o1. The van der Waals surface area contributed by atoms with E-state index in [-0.39, 0.29) is 5.91 Å². The summed E-state index contributed by atoms with van der Waals surface area (Å²) in [6, 6.07) is 3.71. The summed E-state index contributed by atoms with van der Waals surface area (Å²) < 4.78 is 5.53. The maximum absolute atomic E-state index is 10.6. The molecule has 0 aliphatic carbocycles. The highest BCUT2D eigenvalue weighted by atomic mass is 16.4. The molecule has 0 saturated carbocycles. The predicted octanol–water partition coefficient (Wildman–Crippen LogP) is 1.60. The van der Waals surface area contributed by atoms with E-state index in [1.807, 2.05) is 12.1 Å². The van der Waals surface area contributed by atoms with Gasteiger partial charge in [0.1, 0.15) is 5.76 Å². The van der Waals surface area contributed by atoms with Gasteiger partial charge in [0.2, 0.25) is 5.91 Å². The van der Waals surface area contributed by atoms with E-state index >= 15 is 0 Å². The van der Waals surface area contributed by atoms with Crippen LogP contribution in [0.4, 0.5) is 5.88 Å². The van der Waals surface area contributed by atoms with Gasteiger partial charge in [-0.3, -0.25) is 4.79 Å². The van der Waals surface area contributed by atoms with E-state index in [9.17, 15) is 4.79 Å². The Morgan fingerprint density at radius 3 is 2.75 bits per heavy atom. The molecule has 1 heterocycles. The van der Waals surface area contributed by atoms with E-state index < -0.39 is 0 Å². The molecule has 1 amide bonds. The summed E-state index contributed by atoms with van der Waals surface area (Å²) in [5.41, 5.74) is 2.32. The molecule has 1 rings (SSSR count). The first-order chi connectivity index (χ1) is 7.67. The van der Waals surface area contributed by atoms with Crippen LogP contribution in [0.3, 0.4) is 0 Å². The third kappa shape index (κ3) is 3.42. The van der Waals surface area contributed by atoms with Crippen molar-refractivity contribution in [2.75, 3.05) is 18.0 Å². The summed E-state index contributed by atoms with van der Waals surface area (Å²) in [5.74, 6) is 1.23. The molecule has 0 radical (unpaired) electrons. The van der Waals surface area contributed by atoms with Gasteiger partial charge in [0.25, 0.3) is 0 Å². The van der Waals surface area contributed by atoms with Gasteiger partial charge in [-0.2, -0.15) is 5.10 Å². The number of amides is 1. The van der Waals surface area contributed by atoms with E-state index in [4.69, 9.17) is 4.42 Å². The lowest BCUT2D eigenvalue weighted by atomic mass is 10.4. The maximum Gasteiger partial charge on any atom is 0.236 e. The second-order valence-electron chi connectivity index (χ2n) is 3.27. The zero-order valence-corrected chi connectivity index (χ0v) is 9.86. The van der Waals surface area contributed by atoms with Crippen molar-refractivity contribution in [1.29, 1.82) is 0 Å². The summed E-state index contributed by atoms with van der Waals surface area (Å²) in [5, 5.41) is 3.73. The molecular weight excluding hydrogens is 206 g/mol. The van der Waals surface area contributed by atoms with Gasteiger partial charge in [-0.1, -0.05) is 0 Å². The zero-order valence-electron chi connectivity index (χ0n) is 9.86. The molecule has 0 spiro atoms.